The van der Waals surface area contributed by atoms with Crippen LogP contribution in [0.1, 0.15) is 55.4 Å². The average Bonchev–Trinajstić information content (AvgIpc) is 2.49. The van der Waals surface area contributed by atoms with Gasteiger partial charge in [0.05, 0.1) is 0 Å². The zero-order valence-electron chi connectivity index (χ0n) is 14.1. The minimum Gasteiger partial charge on any atom is -0.0683 e. The Balaban J connectivity index is -0.000000187. The molecule has 0 aromatic heterocycles. The van der Waals surface area contributed by atoms with Crippen LogP contribution < -0.4 is 0 Å². The predicted octanol–water partition coefficient (Wildman–Crippen LogP) is 5.58. The second kappa shape index (κ2) is 24.1. The van der Waals surface area contributed by atoms with Crippen molar-refractivity contribution in [3.63, 3.8) is 0 Å². The van der Waals surface area contributed by atoms with Crippen molar-refractivity contribution in [3.05, 3.63) is 35.3 Å². The molecular formula is C16H29OS2W-. The Hall–Kier alpha value is 0.0183. The standard InChI is InChI=1S/C10H12OS2.3C2H6.W/c1-4-6-9(10(12)5-2)7-13-8(3)11;3*1-2;/h4-6,12H,2H2,1,3H3;3*1-2H3;/p-1/b6-4-,10-9-;;;;. The van der Waals surface area contributed by atoms with Crippen LogP contribution in [-0.2, 0) is 36.8 Å². The van der Waals surface area contributed by atoms with E-state index in [9.17, 15) is 4.79 Å². The van der Waals surface area contributed by atoms with E-state index in [-0.39, 0.29) is 5.12 Å². The maximum absolute atomic E-state index is 10.9. The molecule has 0 unspecified atom stereocenters. The molecule has 0 aromatic carbocycles. The molecule has 0 saturated carbocycles. The number of hydrogen-bond acceptors (Lipinski definition) is 3. The van der Waals surface area contributed by atoms with E-state index in [1.54, 1.807) is 13.0 Å². The smallest absolute Gasteiger partial charge is 0.0683 e. The summed E-state index contributed by atoms with van der Waals surface area (Å²) in [6.45, 7) is 19.1. The third-order valence-electron chi connectivity index (χ3n) is 1.24. The van der Waals surface area contributed by atoms with E-state index in [0.717, 1.165) is 8.80 Å². The molecule has 0 radical (unpaired) electrons. The summed E-state index contributed by atoms with van der Waals surface area (Å²) in [6, 6.07) is 0. The Bertz CT molecular complexity index is 318. The second-order valence-corrected chi connectivity index (χ2v) is 6.48. The van der Waals surface area contributed by atoms with Crippen LogP contribution in [0.3, 0.4) is 0 Å². The van der Waals surface area contributed by atoms with Crippen molar-refractivity contribution in [2.75, 3.05) is 0 Å². The van der Waals surface area contributed by atoms with Crippen molar-refractivity contribution in [2.24, 2.45) is 0 Å². The summed E-state index contributed by atoms with van der Waals surface area (Å²) < 4.78 is 1.00. The Morgan fingerprint density at radius 3 is 1.80 bits per heavy atom. The zero-order valence-corrected chi connectivity index (χ0v) is 18.6. The van der Waals surface area contributed by atoms with Crippen LogP contribution >= 0.6 is 11.8 Å². The van der Waals surface area contributed by atoms with Crippen LogP contribution in [0, 0.1) is 0 Å². The van der Waals surface area contributed by atoms with E-state index in [4.69, 9.17) is 12.6 Å². The topological polar surface area (TPSA) is 17.1 Å². The summed E-state index contributed by atoms with van der Waals surface area (Å²) in [4.78, 5) is 11.6. The normalized spacial score (nSPS) is 9.60. The van der Waals surface area contributed by atoms with Crippen LogP contribution in [0.25, 0.3) is 0 Å². The number of rotatable bonds is 4. The molecule has 0 atom stereocenters. The van der Waals surface area contributed by atoms with Gasteiger partial charge in [0, 0.05) is 0 Å². The van der Waals surface area contributed by atoms with Crippen molar-refractivity contribution < 1.29 is 24.1 Å². The molecule has 0 rings (SSSR count). The van der Waals surface area contributed by atoms with Gasteiger partial charge in [0.1, 0.15) is 0 Å². The van der Waals surface area contributed by atoms with E-state index in [1.165, 1.54) is 31.1 Å². The minimum atomic E-state index is 0.0869. The first kappa shape index (κ1) is 28.2. The van der Waals surface area contributed by atoms with Crippen LogP contribution in [0.4, 0.5) is 0 Å². The predicted molar refractivity (Wildman–Crippen MR) is 96.7 cm³/mol. The van der Waals surface area contributed by atoms with Crippen LogP contribution in [0.2, 0.25) is 0 Å². The average molecular weight is 485 g/mol. The van der Waals surface area contributed by atoms with Gasteiger partial charge in [-0.3, -0.25) is 0 Å². The fraction of sp³-hybridized carbons (Fsp3) is 0.500. The van der Waals surface area contributed by atoms with Crippen molar-refractivity contribution in [1.82, 2.24) is 0 Å². The van der Waals surface area contributed by atoms with Crippen LogP contribution in [0.15, 0.2) is 35.3 Å². The van der Waals surface area contributed by atoms with E-state index in [1.807, 2.05) is 60.6 Å². The molecule has 0 heterocycles. The van der Waals surface area contributed by atoms with Crippen molar-refractivity contribution in [1.29, 1.82) is 0 Å². The fourth-order valence-corrected chi connectivity index (χ4v) is 3.66. The molecule has 4 heteroatoms. The Morgan fingerprint density at radius 1 is 1.15 bits per heavy atom. The van der Waals surface area contributed by atoms with Crippen LogP contribution in [-0.4, -0.2) is 8.35 Å². The Labute approximate surface area is 147 Å². The molecule has 0 N–H and O–H groups in total. The first-order valence-corrected chi connectivity index (χ1v) is 9.61. The molecule has 0 bridgehead atoms. The van der Waals surface area contributed by atoms with E-state index in [0.29, 0.717) is 4.91 Å². The van der Waals surface area contributed by atoms with Gasteiger partial charge in [0.25, 0.3) is 0 Å². The summed E-state index contributed by atoms with van der Waals surface area (Å²) >= 11 is 7.62. The largest absolute Gasteiger partial charge is 0.0683 e. The molecule has 118 valence electrons. The molecular weight excluding hydrogens is 456 g/mol. The van der Waals surface area contributed by atoms with E-state index in [2.05, 4.69) is 6.58 Å². The summed E-state index contributed by atoms with van der Waals surface area (Å²) in [6.07, 6.45) is 5.46. The molecule has 0 fully saturated rings. The number of thioether (sulfide) groups is 1. The Kier molecular flexibility index (Phi) is 34.0. The third kappa shape index (κ3) is 18.0. The van der Waals surface area contributed by atoms with E-state index < -0.39 is 0 Å². The van der Waals surface area contributed by atoms with Gasteiger partial charge in [-0.05, 0) is 0 Å². The van der Waals surface area contributed by atoms with Gasteiger partial charge in [0.2, 0.25) is 0 Å². The number of hydrogen-bond donors (Lipinski definition) is 0. The van der Waals surface area contributed by atoms with Gasteiger partial charge in [-0.2, -0.15) is 0 Å². The maximum atomic E-state index is 10.9. The van der Waals surface area contributed by atoms with Gasteiger partial charge in [-0.1, -0.05) is 41.5 Å². The monoisotopic (exact) mass is 485 g/mol. The molecule has 0 aliphatic carbocycles. The number of carbonyl (C=O) groups excluding carboxylic acids is 1. The quantitative estimate of drug-likeness (QED) is 0.382. The summed E-state index contributed by atoms with van der Waals surface area (Å²) in [5.41, 5.74) is 0.938. The second-order valence-electron chi connectivity index (χ2n) is 2.36. The molecule has 20 heavy (non-hydrogen) atoms. The van der Waals surface area contributed by atoms with Gasteiger partial charge in [-0.25, -0.2) is 0 Å². The molecule has 0 saturated heterocycles. The van der Waals surface area contributed by atoms with Gasteiger partial charge < -0.3 is 0 Å². The molecule has 0 aromatic rings. The summed E-state index contributed by atoms with van der Waals surface area (Å²) in [7, 11) is 0. The number of carbonyl (C=O) groups is 1. The van der Waals surface area contributed by atoms with E-state index >= 15 is 0 Å². The number of allylic oxidation sites excluding steroid dienone is 3. The molecule has 0 aliphatic heterocycles. The minimum absolute atomic E-state index is 0.0869. The zero-order chi connectivity index (χ0) is 17.1. The van der Waals surface area contributed by atoms with Crippen molar-refractivity contribution in [3.8, 4) is 0 Å². The molecule has 0 amide bonds. The summed E-state index contributed by atoms with van der Waals surface area (Å²) in [5, 5.41) is 0.0869. The Morgan fingerprint density at radius 2 is 1.55 bits per heavy atom. The molecule has 1 nitrogen and oxygen atoms in total. The van der Waals surface area contributed by atoms with Crippen molar-refractivity contribution in [2.45, 2.75) is 55.4 Å². The molecule has 0 aliphatic rings. The van der Waals surface area contributed by atoms with Gasteiger partial charge in [0.15, 0.2) is 0 Å². The first-order valence-electron chi connectivity index (χ1n) is 6.92. The van der Waals surface area contributed by atoms with Crippen molar-refractivity contribution >= 4 is 32.7 Å². The maximum Gasteiger partial charge on any atom is -0.0683 e. The van der Waals surface area contributed by atoms with Gasteiger partial charge >= 0.3 is 106 Å². The molecule has 0 spiro atoms. The van der Waals surface area contributed by atoms with Gasteiger partial charge in [-0.15, -0.1) is 0 Å². The first-order chi connectivity index (χ1) is 9.52. The third-order valence-corrected chi connectivity index (χ3v) is 4.01. The van der Waals surface area contributed by atoms with Crippen LogP contribution in [0.5, 0.6) is 0 Å². The summed E-state index contributed by atoms with van der Waals surface area (Å²) in [5.74, 6) is 0. The fourth-order valence-electron chi connectivity index (χ4n) is 0.713. The SMILES string of the molecule is C=C/C([S-])=C(\C=C/C)[C](=[W])SC(C)=O.CC.CC.CC.